The van der Waals surface area contributed by atoms with Crippen LogP contribution in [0, 0.1) is 12.3 Å². The van der Waals surface area contributed by atoms with Crippen LogP contribution in [0.3, 0.4) is 0 Å². The molecule has 0 atom stereocenters. The van der Waals surface area contributed by atoms with Crippen molar-refractivity contribution < 1.29 is 9.53 Å². The highest BCUT2D eigenvalue weighted by Crippen LogP contribution is 1.71. The van der Waals surface area contributed by atoms with Crippen molar-refractivity contribution in [2.24, 2.45) is 0 Å². The van der Waals surface area contributed by atoms with Crippen molar-refractivity contribution in [3.8, 4) is 12.3 Å². The fourth-order valence-corrected chi connectivity index (χ4v) is 0.395. The lowest BCUT2D eigenvalue weighted by molar-refractivity contribution is -0.125. The van der Waals surface area contributed by atoms with E-state index in [0.29, 0.717) is 6.61 Å². The number of terminal acetylenes is 1. The van der Waals surface area contributed by atoms with Crippen molar-refractivity contribution in [1.29, 1.82) is 0 Å². The average Bonchev–Trinajstić information content (AvgIpc) is 1.97. The summed E-state index contributed by atoms with van der Waals surface area (Å²) < 4.78 is 4.81. The van der Waals surface area contributed by atoms with Crippen LogP contribution in [-0.2, 0) is 9.53 Å². The number of hydrogen-bond acceptors (Lipinski definition) is 2. The third kappa shape index (κ3) is 5.13. The molecule has 1 amide bonds. The van der Waals surface area contributed by atoms with E-state index in [1.807, 2.05) is 6.92 Å². The van der Waals surface area contributed by atoms with Gasteiger partial charge >= 0.3 is 0 Å². The minimum Gasteiger partial charge on any atom is -0.372 e. The van der Waals surface area contributed by atoms with Gasteiger partial charge in [0.05, 0.1) is 6.54 Å². The smallest absolute Gasteiger partial charge is 0.246 e. The van der Waals surface area contributed by atoms with E-state index in [4.69, 9.17) is 11.2 Å². The summed E-state index contributed by atoms with van der Waals surface area (Å²) in [5.41, 5.74) is 0. The van der Waals surface area contributed by atoms with Crippen molar-refractivity contribution in [2.75, 3.05) is 19.8 Å². The summed E-state index contributed by atoms with van der Waals surface area (Å²) >= 11 is 0. The number of carbonyl (C=O) groups is 1. The molecule has 0 bridgehead atoms. The molecule has 0 aliphatic rings. The Morgan fingerprint density at radius 1 is 1.80 bits per heavy atom. The lowest BCUT2D eigenvalue weighted by atomic mass is 10.6. The van der Waals surface area contributed by atoms with Gasteiger partial charge in [0, 0.05) is 6.61 Å². The molecule has 0 aromatic rings. The Balaban J connectivity index is 3.19. The highest BCUT2D eigenvalue weighted by atomic mass is 16.5. The van der Waals surface area contributed by atoms with Gasteiger partial charge < -0.3 is 10.1 Å². The van der Waals surface area contributed by atoms with E-state index < -0.39 is 0 Å². The average molecular weight is 141 g/mol. The Morgan fingerprint density at radius 3 is 3.00 bits per heavy atom. The molecule has 56 valence electrons. The van der Waals surface area contributed by atoms with Crippen LogP contribution in [0.2, 0.25) is 0 Å². The molecule has 0 aromatic heterocycles. The van der Waals surface area contributed by atoms with E-state index in [-0.39, 0.29) is 19.1 Å². The number of nitrogens with one attached hydrogen (secondary N) is 1. The van der Waals surface area contributed by atoms with Crippen molar-refractivity contribution in [2.45, 2.75) is 6.92 Å². The normalized spacial score (nSPS) is 8.40. The monoisotopic (exact) mass is 141 g/mol. The van der Waals surface area contributed by atoms with Crippen molar-refractivity contribution in [1.82, 2.24) is 5.32 Å². The number of carbonyl (C=O) groups excluding carboxylic acids is 1. The molecule has 1 N–H and O–H groups in total. The Hall–Kier alpha value is -1.01. The van der Waals surface area contributed by atoms with Gasteiger partial charge in [0.25, 0.3) is 0 Å². The third-order valence-electron chi connectivity index (χ3n) is 0.825. The van der Waals surface area contributed by atoms with Gasteiger partial charge in [-0.3, -0.25) is 4.79 Å². The van der Waals surface area contributed by atoms with Crippen LogP contribution in [0.1, 0.15) is 6.92 Å². The second kappa shape index (κ2) is 6.12. The molecule has 0 unspecified atom stereocenters. The van der Waals surface area contributed by atoms with Gasteiger partial charge in [0.15, 0.2) is 0 Å². The molecule has 0 radical (unpaired) electrons. The van der Waals surface area contributed by atoms with Crippen molar-refractivity contribution in [3.05, 3.63) is 0 Å². The molecule has 0 spiro atoms. The molecule has 3 heteroatoms. The van der Waals surface area contributed by atoms with Gasteiger partial charge in [0.2, 0.25) is 5.91 Å². The molecule has 3 nitrogen and oxygen atoms in total. The van der Waals surface area contributed by atoms with Crippen LogP contribution in [-0.4, -0.2) is 25.7 Å². The Kier molecular flexibility index (Phi) is 5.50. The van der Waals surface area contributed by atoms with Crippen LogP contribution >= 0.6 is 0 Å². The second-order valence-electron chi connectivity index (χ2n) is 1.62. The predicted octanol–water partition coefficient (Wildman–Crippen LogP) is -0.228. The number of amides is 1. The van der Waals surface area contributed by atoms with Gasteiger partial charge in [-0.2, -0.15) is 0 Å². The standard InChI is InChI=1S/C7H11NO2/c1-3-5-8-7(9)6-10-4-2/h1H,4-6H2,2H3,(H,8,9). The van der Waals surface area contributed by atoms with Crippen LogP contribution in [0.25, 0.3) is 0 Å². The SMILES string of the molecule is C#CCNC(=O)COCC. The Labute approximate surface area is 60.8 Å². The predicted molar refractivity (Wildman–Crippen MR) is 38.3 cm³/mol. The summed E-state index contributed by atoms with van der Waals surface area (Å²) in [5.74, 6) is 2.12. The van der Waals surface area contributed by atoms with Crippen molar-refractivity contribution >= 4 is 5.91 Å². The second-order valence-corrected chi connectivity index (χ2v) is 1.62. The Bertz CT molecular complexity index is 137. The molecule has 0 rings (SSSR count). The van der Waals surface area contributed by atoms with Crippen molar-refractivity contribution in [3.63, 3.8) is 0 Å². The summed E-state index contributed by atoms with van der Waals surface area (Å²) in [7, 11) is 0. The van der Waals surface area contributed by atoms with E-state index in [0.717, 1.165) is 0 Å². The summed E-state index contributed by atoms with van der Waals surface area (Å²) in [5, 5.41) is 2.47. The first-order valence-electron chi connectivity index (χ1n) is 3.09. The van der Waals surface area contributed by atoms with Crippen LogP contribution in [0.15, 0.2) is 0 Å². The summed E-state index contributed by atoms with van der Waals surface area (Å²) in [4.78, 5) is 10.6. The zero-order chi connectivity index (χ0) is 7.82. The molecule has 0 aliphatic carbocycles. The largest absolute Gasteiger partial charge is 0.372 e. The van der Waals surface area contributed by atoms with Gasteiger partial charge in [-0.05, 0) is 6.92 Å². The molecule has 0 fully saturated rings. The van der Waals surface area contributed by atoms with Gasteiger partial charge in [-0.25, -0.2) is 0 Å². The summed E-state index contributed by atoms with van der Waals surface area (Å²) in [6.07, 6.45) is 4.90. The molecule has 0 aliphatic heterocycles. The topological polar surface area (TPSA) is 38.3 Å². The van der Waals surface area contributed by atoms with Crippen LogP contribution < -0.4 is 5.32 Å². The summed E-state index contributed by atoms with van der Waals surface area (Å²) in [6, 6.07) is 0. The first-order valence-corrected chi connectivity index (χ1v) is 3.09. The highest BCUT2D eigenvalue weighted by molar-refractivity contribution is 5.77. The molecular formula is C7H11NO2. The molecule has 10 heavy (non-hydrogen) atoms. The maximum atomic E-state index is 10.6. The van der Waals surface area contributed by atoms with E-state index in [1.165, 1.54) is 0 Å². The minimum absolute atomic E-state index is 0.0954. The molecule has 0 heterocycles. The van der Waals surface area contributed by atoms with Crippen LogP contribution in [0.4, 0.5) is 0 Å². The fourth-order valence-electron chi connectivity index (χ4n) is 0.395. The van der Waals surface area contributed by atoms with Gasteiger partial charge in [-0.15, -0.1) is 6.42 Å². The Morgan fingerprint density at radius 2 is 2.50 bits per heavy atom. The zero-order valence-electron chi connectivity index (χ0n) is 6.02. The molecule has 0 saturated heterocycles. The van der Waals surface area contributed by atoms with E-state index in [2.05, 4.69) is 11.2 Å². The van der Waals surface area contributed by atoms with E-state index in [1.54, 1.807) is 0 Å². The minimum atomic E-state index is -0.167. The van der Waals surface area contributed by atoms with Crippen LogP contribution in [0.5, 0.6) is 0 Å². The molecular weight excluding hydrogens is 130 g/mol. The fraction of sp³-hybridized carbons (Fsp3) is 0.571. The number of rotatable bonds is 4. The number of hydrogen-bond donors (Lipinski definition) is 1. The zero-order valence-corrected chi connectivity index (χ0v) is 6.02. The maximum Gasteiger partial charge on any atom is 0.246 e. The first kappa shape index (κ1) is 8.99. The molecule has 0 aromatic carbocycles. The van der Waals surface area contributed by atoms with E-state index in [9.17, 15) is 4.79 Å². The quantitative estimate of drug-likeness (QED) is 0.549. The number of ether oxygens (including phenoxy) is 1. The molecule has 0 saturated carbocycles. The third-order valence-corrected chi connectivity index (χ3v) is 0.825. The maximum absolute atomic E-state index is 10.6. The van der Waals surface area contributed by atoms with E-state index >= 15 is 0 Å². The first-order chi connectivity index (χ1) is 4.81. The summed E-state index contributed by atoms with van der Waals surface area (Å²) in [6.45, 7) is 2.74. The lowest BCUT2D eigenvalue weighted by Crippen LogP contribution is -2.27. The highest BCUT2D eigenvalue weighted by Gasteiger charge is 1.95. The lowest BCUT2D eigenvalue weighted by Gasteiger charge is -1.99. The van der Waals surface area contributed by atoms with Gasteiger partial charge in [-0.1, -0.05) is 5.92 Å². The van der Waals surface area contributed by atoms with Gasteiger partial charge in [0.1, 0.15) is 6.61 Å².